The lowest BCUT2D eigenvalue weighted by atomic mass is 10.1. The highest BCUT2D eigenvalue weighted by molar-refractivity contribution is 6.36. The Balaban J connectivity index is 2.78. The molecule has 1 heterocycles. The quantitative estimate of drug-likeness (QED) is 0.703. The molecule has 3 N–H and O–H groups in total. The third kappa shape index (κ3) is 0.983. The van der Waals surface area contributed by atoms with Crippen molar-refractivity contribution in [3.63, 3.8) is 0 Å². The number of nitrogens with zero attached hydrogens (tertiary/aromatic N) is 1. The monoisotopic (exact) mass is 181 g/mol. The van der Waals surface area contributed by atoms with Crippen LogP contribution in [0.4, 0.5) is 0 Å². The van der Waals surface area contributed by atoms with Gasteiger partial charge in [-0.25, -0.2) is 0 Å². The Morgan fingerprint density at radius 1 is 1.50 bits per heavy atom. The van der Waals surface area contributed by atoms with Crippen LogP contribution in [-0.2, 0) is 6.54 Å². The fraction of sp³-hybridized carbons (Fsp3) is 0.125. The fourth-order valence-corrected chi connectivity index (χ4v) is 1.48. The molecular weight excluding hydrogens is 174 g/mol. The Kier molecular flexibility index (Phi) is 1.75. The molecule has 12 heavy (non-hydrogen) atoms. The first-order valence-corrected chi connectivity index (χ1v) is 4.01. The van der Waals surface area contributed by atoms with Gasteiger partial charge >= 0.3 is 0 Å². The molecule has 3 nitrogen and oxygen atoms in total. The number of aromatic nitrogens is 2. The summed E-state index contributed by atoms with van der Waals surface area (Å²) in [7, 11) is 0. The van der Waals surface area contributed by atoms with Gasteiger partial charge in [0.25, 0.3) is 0 Å². The molecule has 0 aliphatic rings. The van der Waals surface area contributed by atoms with Crippen LogP contribution in [0.1, 0.15) is 5.56 Å². The Bertz CT molecular complexity index is 408. The van der Waals surface area contributed by atoms with Crippen molar-refractivity contribution in [3.8, 4) is 0 Å². The maximum Gasteiger partial charge on any atom is 0.0665 e. The van der Waals surface area contributed by atoms with Crippen molar-refractivity contribution in [2.45, 2.75) is 6.54 Å². The molecule has 0 fully saturated rings. The summed E-state index contributed by atoms with van der Waals surface area (Å²) < 4.78 is 0. The van der Waals surface area contributed by atoms with Gasteiger partial charge in [0.2, 0.25) is 0 Å². The number of hydrogen-bond donors (Lipinski definition) is 2. The fourth-order valence-electron chi connectivity index (χ4n) is 1.19. The zero-order valence-electron chi connectivity index (χ0n) is 6.34. The van der Waals surface area contributed by atoms with Crippen LogP contribution >= 0.6 is 11.6 Å². The van der Waals surface area contributed by atoms with Crippen LogP contribution in [0.2, 0.25) is 5.02 Å². The van der Waals surface area contributed by atoms with Crippen LogP contribution in [-0.4, -0.2) is 10.2 Å². The minimum Gasteiger partial charge on any atom is -0.326 e. The Morgan fingerprint density at radius 2 is 2.33 bits per heavy atom. The van der Waals surface area contributed by atoms with Crippen molar-refractivity contribution < 1.29 is 0 Å². The van der Waals surface area contributed by atoms with Crippen LogP contribution in [0.15, 0.2) is 18.3 Å². The number of aromatic amines is 1. The molecule has 0 spiro atoms. The molecule has 0 amide bonds. The van der Waals surface area contributed by atoms with E-state index in [1.807, 2.05) is 12.1 Å². The standard InChI is InChI=1S/C8H8ClN3/c9-8-5(3-10)1-2-7-6(8)4-11-12-7/h1-2,4H,3,10H2,(H,11,12). The molecule has 0 aliphatic carbocycles. The first-order valence-electron chi connectivity index (χ1n) is 3.63. The van der Waals surface area contributed by atoms with Crippen molar-refractivity contribution in [2.75, 3.05) is 0 Å². The maximum absolute atomic E-state index is 6.04. The minimum absolute atomic E-state index is 0.458. The van der Waals surface area contributed by atoms with E-state index in [9.17, 15) is 0 Å². The van der Waals surface area contributed by atoms with Crippen molar-refractivity contribution >= 4 is 22.5 Å². The molecule has 0 unspecified atom stereocenters. The zero-order chi connectivity index (χ0) is 8.55. The Labute approximate surface area is 74.5 Å². The molecule has 0 saturated heterocycles. The highest BCUT2D eigenvalue weighted by Gasteiger charge is 2.04. The summed E-state index contributed by atoms with van der Waals surface area (Å²) in [6.45, 7) is 0.458. The van der Waals surface area contributed by atoms with Gasteiger partial charge in [-0.15, -0.1) is 0 Å². The van der Waals surface area contributed by atoms with Gasteiger partial charge in [0.15, 0.2) is 0 Å². The van der Waals surface area contributed by atoms with E-state index < -0.39 is 0 Å². The SMILES string of the molecule is NCc1ccc2[nH]ncc2c1Cl. The second-order valence-corrected chi connectivity index (χ2v) is 2.95. The molecule has 0 bridgehead atoms. The van der Waals surface area contributed by atoms with Gasteiger partial charge in [0, 0.05) is 11.9 Å². The van der Waals surface area contributed by atoms with E-state index in [2.05, 4.69) is 10.2 Å². The average Bonchev–Trinajstić information content (AvgIpc) is 2.53. The van der Waals surface area contributed by atoms with Gasteiger partial charge < -0.3 is 5.73 Å². The first-order chi connectivity index (χ1) is 5.83. The maximum atomic E-state index is 6.04. The zero-order valence-corrected chi connectivity index (χ0v) is 7.10. The lowest BCUT2D eigenvalue weighted by Crippen LogP contribution is -1.96. The number of hydrogen-bond acceptors (Lipinski definition) is 2. The van der Waals surface area contributed by atoms with Crippen molar-refractivity contribution in [2.24, 2.45) is 5.73 Å². The van der Waals surface area contributed by atoms with Gasteiger partial charge in [-0.1, -0.05) is 17.7 Å². The van der Waals surface area contributed by atoms with E-state index in [-0.39, 0.29) is 0 Å². The molecule has 1 aromatic heterocycles. The summed E-state index contributed by atoms with van der Waals surface area (Å²) in [4.78, 5) is 0. The van der Waals surface area contributed by atoms with Gasteiger partial charge in [-0.05, 0) is 11.6 Å². The van der Waals surface area contributed by atoms with Crippen LogP contribution in [0, 0.1) is 0 Å². The molecule has 4 heteroatoms. The predicted molar refractivity (Wildman–Crippen MR) is 49.0 cm³/mol. The number of nitrogens with one attached hydrogen (secondary N) is 1. The van der Waals surface area contributed by atoms with Crippen molar-refractivity contribution in [1.82, 2.24) is 10.2 Å². The highest BCUT2D eigenvalue weighted by Crippen LogP contribution is 2.25. The van der Waals surface area contributed by atoms with Gasteiger partial charge in [0.1, 0.15) is 0 Å². The molecule has 1 aromatic carbocycles. The summed E-state index contributed by atoms with van der Waals surface area (Å²) in [6, 6.07) is 3.83. The highest BCUT2D eigenvalue weighted by atomic mass is 35.5. The molecule has 0 saturated carbocycles. The van der Waals surface area contributed by atoms with E-state index in [0.717, 1.165) is 16.5 Å². The Hall–Kier alpha value is -1.06. The summed E-state index contributed by atoms with van der Waals surface area (Å²) in [5.74, 6) is 0. The molecule has 0 atom stereocenters. The Morgan fingerprint density at radius 3 is 3.08 bits per heavy atom. The number of rotatable bonds is 1. The molecule has 0 aliphatic heterocycles. The van der Waals surface area contributed by atoms with Gasteiger partial charge in [-0.2, -0.15) is 5.10 Å². The largest absolute Gasteiger partial charge is 0.326 e. The van der Waals surface area contributed by atoms with Crippen LogP contribution in [0.5, 0.6) is 0 Å². The van der Waals surface area contributed by atoms with Crippen LogP contribution < -0.4 is 5.73 Å². The van der Waals surface area contributed by atoms with Crippen molar-refractivity contribution in [1.29, 1.82) is 0 Å². The van der Waals surface area contributed by atoms with E-state index in [0.29, 0.717) is 11.6 Å². The number of halogens is 1. The molecular formula is C8H8ClN3. The third-order valence-electron chi connectivity index (χ3n) is 1.86. The topological polar surface area (TPSA) is 54.7 Å². The number of fused-ring (bicyclic) bond motifs is 1. The van der Waals surface area contributed by atoms with Crippen molar-refractivity contribution in [3.05, 3.63) is 28.9 Å². The van der Waals surface area contributed by atoms with Crippen LogP contribution in [0.25, 0.3) is 10.9 Å². The van der Waals surface area contributed by atoms with Gasteiger partial charge in [-0.3, -0.25) is 5.10 Å². The molecule has 2 rings (SSSR count). The summed E-state index contributed by atoms with van der Waals surface area (Å²) in [5, 5.41) is 8.35. The first kappa shape index (κ1) is 7.58. The van der Waals surface area contributed by atoms with E-state index in [1.54, 1.807) is 6.20 Å². The lowest BCUT2D eigenvalue weighted by molar-refractivity contribution is 1.08. The van der Waals surface area contributed by atoms with E-state index >= 15 is 0 Å². The smallest absolute Gasteiger partial charge is 0.0665 e. The van der Waals surface area contributed by atoms with Crippen LogP contribution in [0.3, 0.4) is 0 Å². The van der Waals surface area contributed by atoms with E-state index in [4.69, 9.17) is 17.3 Å². The second kappa shape index (κ2) is 2.77. The van der Waals surface area contributed by atoms with E-state index in [1.165, 1.54) is 0 Å². The second-order valence-electron chi connectivity index (χ2n) is 2.57. The summed E-state index contributed by atoms with van der Waals surface area (Å²) >= 11 is 6.04. The predicted octanol–water partition coefficient (Wildman–Crippen LogP) is 1.67. The lowest BCUT2D eigenvalue weighted by Gasteiger charge is -2.00. The normalized spacial score (nSPS) is 10.8. The molecule has 0 radical (unpaired) electrons. The number of nitrogens with two attached hydrogens (primary N) is 1. The number of H-pyrrole nitrogens is 1. The third-order valence-corrected chi connectivity index (χ3v) is 2.30. The minimum atomic E-state index is 0.458. The van der Waals surface area contributed by atoms with Gasteiger partial charge in [0.05, 0.1) is 16.7 Å². The summed E-state index contributed by atoms with van der Waals surface area (Å²) in [5.41, 5.74) is 7.39. The number of benzene rings is 1. The molecule has 62 valence electrons. The molecule has 2 aromatic rings. The summed E-state index contributed by atoms with van der Waals surface area (Å²) in [6.07, 6.45) is 1.71. The average molecular weight is 182 g/mol.